The van der Waals surface area contributed by atoms with Crippen LogP contribution in [0.3, 0.4) is 0 Å². The fraction of sp³-hybridized carbons (Fsp3) is 0.550. The first kappa shape index (κ1) is 20.7. The number of rotatable bonds is 4. The van der Waals surface area contributed by atoms with Gasteiger partial charge in [-0.05, 0) is 44.9 Å². The van der Waals surface area contributed by atoms with Crippen LogP contribution in [0, 0.1) is 0 Å². The summed E-state index contributed by atoms with van der Waals surface area (Å²) in [5, 5.41) is 2.75. The van der Waals surface area contributed by atoms with Crippen molar-refractivity contribution >= 4 is 17.9 Å². The Morgan fingerprint density at radius 1 is 1.00 bits per heavy atom. The second-order valence-electron chi connectivity index (χ2n) is 7.69. The van der Waals surface area contributed by atoms with E-state index in [0.717, 1.165) is 12.0 Å². The molecule has 0 atom stereocenters. The topological polar surface area (TPSA) is 79.0 Å². The average Bonchev–Trinajstić information content (AvgIpc) is 2.60. The lowest BCUT2D eigenvalue weighted by molar-refractivity contribution is -0.118. The molecule has 3 amide bonds. The van der Waals surface area contributed by atoms with E-state index in [1.165, 1.54) is 6.92 Å². The van der Waals surface area contributed by atoms with Gasteiger partial charge in [0, 0.05) is 45.2 Å². The van der Waals surface area contributed by atoms with Gasteiger partial charge in [-0.15, -0.1) is 0 Å². The Bertz CT molecular complexity index is 671. The minimum atomic E-state index is -0.522. The molecule has 1 aliphatic heterocycles. The Hall–Kier alpha value is -2.57. The first-order chi connectivity index (χ1) is 12.7. The summed E-state index contributed by atoms with van der Waals surface area (Å²) in [5.41, 5.74) is 1.17. The molecule has 7 nitrogen and oxygen atoms in total. The first-order valence-electron chi connectivity index (χ1n) is 9.26. The van der Waals surface area contributed by atoms with Gasteiger partial charge in [0.05, 0.1) is 0 Å². The fourth-order valence-electron chi connectivity index (χ4n) is 2.80. The van der Waals surface area contributed by atoms with Crippen LogP contribution in [0.5, 0.6) is 0 Å². The van der Waals surface area contributed by atoms with Crippen molar-refractivity contribution in [1.82, 2.24) is 15.1 Å². The molecule has 1 aliphatic rings. The second-order valence-corrected chi connectivity index (χ2v) is 7.69. The molecule has 1 heterocycles. The summed E-state index contributed by atoms with van der Waals surface area (Å²) in [4.78, 5) is 39.0. The van der Waals surface area contributed by atoms with Crippen LogP contribution in [0.1, 0.15) is 43.6 Å². The second kappa shape index (κ2) is 8.88. The van der Waals surface area contributed by atoms with Crippen molar-refractivity contribution in [3.8, 4) is 0 Å². The smallest absolute Gasteiger partial charge is 0.410 e. The van der Waals surface area contributed by atoms with Crippen LogP contribution >= 0.6 is 0 Å². The van der Waals surface area contributed by atoms with Crippen molar-refractivity contribution in [1.29, 1.82) is 0 Å². The summed E-state index contributed by atoms with van der Waals surface area (Å²) >= 11 is 0. The van der Waals surface area contributed by atoms with Gasteiger partial charge in [-0.1, -0.05) is 12.1 Å². The van der Waals surface area contributed by atoms with Crippen LogP contribution in [0.4, 0.5) is 4.79 Å². The third-order valence-corrected chi connectivity index (χ3v) is 4.21. The third kappa shape index (κ3) is 6.58. The first-order valence-corrected chi connectivity index (χ1v) is 9.26. The predicted molar refractivity (Wildman–Crippen MR) is 103 cm³/mol. The van der Waals surface area contributed by atoms with Gasteiger partial charge in [-0.2, -0.15) is 0 Å². The summed E-state index contributed by atoms with van der Waals surface area (Å²) < 4.78 is 5.38. The highest BCUT2D eigenvalue weighted by Gasteiger charge is 2.28. The van der Waals surface area contributed by atoms with Gasteiger partial charge in [0.2, 0.25) is 5.91 Å². The summed E-state index contributed by atoms with van der Waals surface area (Å²) in [5.74, 6) is -0.0837. The van der Waals surface area contributed by atoms with Crippen molar-refractivity contribution in [2.45, 2.75) is 39.7 Å². The molecule has 0 aliphatic carbocycles. The maximum atomic E-state index is 12.7. The zero-order valence-electron chi connectivity index (χ0n) is 16.6. The van der Waals surface area contributed by atoms with E-state index in [0.29, 0.717) is 38.3 Å². The molecular weight excluding hydrogens is 346 g/mol. The minimum Gasteiger partial charge on any atom is -0.444 e. The summed E-state index contributed by atoms with van der Waals surface area (Å²) in [6.45, 7) is 9.49. The Morgan fingerprint density at radius 3 is 2.07 bits per heavy atom. The third-order valence-electron chi connectivity index (χ3n) is 4.21. The number of nitrogens with zero attached hydrogens (tertiary/aromatic N) is 2. The van der Waals surface area contributed by atoms with Crippen molar-refractivity contribution in [3.63, 3.8) is 0 Å². The highest BCUT2D eigenvalue weighted by atomic mass is 16.6. The van der Waals surface area contributed by atoms with E-state index in [4.69, 9.17) is 4.74 Å². The van der Waals surface area contributed by atoms with Gasteiger partial charge in [0.1, 0.15) is 5.60 Å². The highest BCUT2D eigenvalue weighted by molar-refractivity contribution is 5.94. The van der Waals surface area contributed by atoms with Crippen LogP contribution in [-0.2, 0) is 16.0 Å². The van der Waals surface area contributed by atoms with Gasteiger partial charge in [0.15, 0.2) is 0 Å². The lowest BCUT2D eigenvalue weighted by atomic mass is 10.1. The van der Waals surface area contributed by atoms with E-state index in [9.17, 15) is 14.4 Å². The molecule has 27 heavy (non-hydrogen) atoms. The largest absolute Gasteiger partial charge is 0.444 e. The Labute approximate surface area is 160 Å². The van der Waals surface area contributed by atoms with E-state index in [1.807, 2.05) is 45.0 Å². The van der Waals surface area contributed by atoms with Gasteiger partial charge in [0.25, 0.3) is 5.91 Å². The summed E-state index contributed by atoms with van der Waals surface area (Å²) in [6.07, 6.45) is 0.390. The predicted octanol–water partition coefficient (Wildman–Crippen LogP) is 2.06. The highest BCUT2D eigenvalue weighted by Crippen LogP contribution is 2.14. The SMILES string of the molecule is CC(=O)NCCc1ccc(C(=O)N2CCN(C(=O)OC(C)(C)C)CC2)cc1. The van der Waals surface area contributed by atoms with Crippen LogP contribution in [0.15, 0.2) is 24.3 Å². The molecule has 0 radical (unpaired) electrons. The molecule has 0 bridgehead atoms. The lowest BCUT2D eigenvalue weighted by Gasteiger charge is -2.35. The number of hydrogen-bond acceptors (Lipinski definition) is 4. The molecule has 0 spiro atoms. The van der Waals surface area contributed by atoms with Gasteiger partial charge >= 0.3 is 6.09 Å². The Morgan fingerprint density at radius 2 is 1.56 bits per heavy atom. The van der Waals surface area contributed by atoms with Crippen LogP contribution in [0.25, 0.3) is 0 Å². The molecule has 1 N–H and O–H groups in total. The van der Waals surface area contributed by atoms with Crippen molar-refractivity contribution in [3.05, 3.63) is 35.4 Å². The normalized spacial score (nSPS) is 14.7. The van der Waals surface area contributed by atoms with Gasteiger partial charge < -0.3 is 19.9 Å². The van der Waals surface area contributed by atoms with Crippen LogP contribution in [-0.4, -0.2) is 66.0 Å². The number of ether oxygens (including phenoxy) is 1. The monoisotopic (exact) mass is 375 g/mol. The molecule has 148 valence electrons. The zero-order valence-corrected chi connectivity index (χ0v) is 16.6. The molecule has 1 aromatic rings. The molecule has 1 saturated heterocycles. The van der Waals surface area contributed by atoms with E-state index < -0.39 is 5.60 Å². The number of nitrogens with one attached hydrogen (secondary N) is 1. The Kier molecular flexibility index (Phi) is 6.82. The van der Waals surface area contributed by atoms with E-state index in [-0.39, 0.29) is 17.9 Å². The minimum absolute atomic E-state index is 0.0350. The average molecular weight is 375 g/mol. The van der Waals surface area contributed by atoms with E-state index >= 15 is 0 Å². The van der Waals surface area contributed by atoms with Crippen molar-refractivity contribution in [2.75, 3.05) is 32.7 Å². The number of hydrogen-bond donors (Lipinski definition) is 1. The van der Waals surface area contributed by atoms with Crippen molar-refractivity contribution in [2.24, 2.45) is 0 Å². The molecule has 1 fully saturated rings. The van der Waals surface area contributed by atoms with E-state index in [1.54, 1.807) is 9.80 Å². The maximum Gasteiger partial charge on any atom is 0.410 e. The Balaban J connectivity index is 1.84. The molecule has 2 rings (SSSR count). The number of amides is 3. The fourth-order valence-corrected chi connectivity index (χ4v) is 2.80. The number of benzene rings is 1. The molecule has 7 heteroatoms. The maximum absolute atomic E-state index is 12.7. The zero-order chi connectivity index (χ0) is 20.0. The number of carbonyl (C=O) groups excluding carboxylic acids is 3. The summed E-state index contributed by atoms with van der Waals surface area (Å²) in [6, 6.07) is 7.44. The van der Waals surface area contributed by atoms with Crippen LogP contribution in [0.2, 0.25) is 0 Å². The molecule has 1 aromatic carbocycles. The standard InChI is InChI=1S/C20H29N3O4/c1-15(24)21-10-9-16-5-7-17(8-6-16)18(25)22-11-13-23(14-12-22)19(26)27-20(2,3)4/h5-8H,9-14H2,1-4H3,(H,21,24). The molecule has 0 unspecified atom stereocenters. The molecule has 0 aromatic heterocycles. The molecule has 0 saturated carbocycles. The van der Waals surface area contributed by atoms with Crippen LogP contribution < -0.4 is 5.32 Å². The number of piperazine rings is 1. The van der Waals surface area contributed by atoms with E-state index in [2.05, 4.69) is 5.32 Å². The van der Waals surface area contributed by atoms with Gasteiger partial charge in [-0.3, -0.25) is 9.59 Å². The van der Waals surface area contributed by atoms with Crippen molar-refractivity contribution < 1.29 is 19.1 Å². The molecular formula is C20H29N3O4. The number of carbonyl (C=O) groups is 3. The van der Waals surface area contributed by atoms with Gasteiger partial charge in [-0.25, -0.2) is 4.79 Å². The lowest BCUT2D eigenvalue weighted by Crippen LogP contribution is -2.51. The quantitative estimate of drug-likeness (QED) is 0.874. The summed E-state index contributed by atoms with van der Waals surface area (Å²) in [7, 11) is 0.